The average Bonchev–Trinajstić information content (AvgIpc) is 2.76. The molecule has 2 fully saturated rings. The van der Waals surface area contributed by atoms with Crippen molar-refractivity contribution in [1.29, 1.82) is 0 Å². The van der Waals surface area contributed by atoms with Crippen LogP contribution < -0.4 is 0 Å². The largest absolute Gasteiger partial charge is 0.300 e. The topological polar surface area (TPSA) is 34.1 Å². The predicted molar refractivity (Wildman–Crippen MR) is 81.7 cm³/mol. The van der Waals surface area contributed by atoms with Gasteiger partial charge in [-0.1, -0.05) is 18.6 Å². The third-order valence-corrected chi connectivity index (χ3v) is 7.15. The SMILES string of the molecule is C[C@]12CC[C@H]3C(=C1C=CC2=O)CCC1CC(=O)CC[C@]13C. The molecule has 21 heavy (non-hydrogen) atoms. The van der Waals surface area contributed by atoms with Crippen LogP contribution in [-0.4, -0.2) is 11.6 Å². The van der Waals surface area contributed by atoms with Crippen LogP contribution in [0.25, 0.3) is 0 Å². The standard InChI is InChI=1S/C19H24O2/c1-18-9-7-13(20)11-12(18)3-4-14-15-5-6-17(21)19(15,2)10-8-16(14)18/h5-6,12,16H,3-4,7-11H2,1-2H3/t12?,16-,18+,19-/m0/s1. The second kappa shape index (κ2) is 4.18. The molecule has 0 saturated heterocycles. The van der Waals surface area contributed by atoms with Gasteiger partial charge in [-0.3, -0.25) is 9.59 Å². The summed E-state index contributed by atoms with van der Waals surface area (Å²) in [6.07, 6.45) is 10.8. The van der Waals surface area contributed by atoms with Gasteiger partial charge in [-0.2, -0.15) is 0 Å². The quantitative estimate of drug-likeness (QED) is 0.673. The van der Waals surface area contributed by atoms with Gasteiger partial charge in [0.25, 0.3) is 0 Å². The Labute approximate surface area is 126 Å². The van der Waals surface area contributed by atoms with Crippen molar-refractivity contribution in [2.45, 2.75) is 58.8 Å². The lowest BCUT2D eigenvalue weighted by Gasteiger charge is -2.54. The van der Waals surface area contributed by atoms with Crippen molar-refractivity contribution in [3.63, 3.8) is 0 Å². The van der Waals surface area contributed by atoms with Crippen molar-refractivity contribution in [3.05, 3.63) is 23.3 Å². The van der Waals surface area contributed by atoms with Crippen LogP contribution >= 0.6 is 0 Å². The first-order chi connectivity index (χ1) is 9.95. The van der Waals surface area contributed by atoms with Gasteiger partial charge < -0.3 is 0 Å². The molecule has 112 valence electrons. The molecule has 0 bridgehead atoms. The van der Waals surface area contributed by atoms with E-state index < -0.39 is 0 Å². The minimum atomic E-state index is -0.237. The molecular formula is C19H24O2. The molecule has 4 aliphatic rings. The van der Waals surface area contributed by atoms with Crippen LogP contribution in [0.1, 0.15) is 58.8 Å². The lowest BCUT2D eigenvalue weighted by molar-refractivity contribution is -0.127. The number of fused-ring (bicyclic) bond motifs is 4. The van der Waals surface area contributed by atoms with E-state index in [1.54, 1.807) is 11.6 Å². The first kappa shape index (κ1) is 13.5. The highest BCUT2D eigenvalue weighted by atomic mass is 16.1. The maximum absolute atomic E-state index is 12.2. The molecule has 0 aromatic rings. The van der Waals surface area contributed by atoms with Gasteiger partial charge in [-0.15, -0.1) is 0 Å². The molecule has 2 saturated carbocycles. The summed E-state index contributed by atoms with van der Waals surface area (Å²) < 4.78 is 0. The van der Waals surface area contributed by atoms with E-state index in [0.29, 0.717) is 23.4 Å². The molecule has 4 aliphatic carbocycles. The Kier molecular flexibility index (Phi) is 2.68. The van der Waals surface area contributed by atoms with Crippen molar-refractivity contribution in [1.82, 2.24) is 0 Å². The number of allylic oxidation sites excluding steroid dienone is 4. The molecule has 0 aliphatic heterocycles. The van der Waals surface area contributed by atoms with Crippen molar-refractivity contribution in [3.8, 4) is 0 Å². The van der Waals surface area contributed by atoms with Crippen LogP contribution in [0.5, 0.6) is 0 Å². The molecule has 0 heterocycles. The fourth-order valence-electron chi connectivity index (χ4n) is 5.65. The van der Waals surface area contributed by atoms with Gasteiger partial charge in [0.1, 0.15) is 5.78 Å². The Morgan fingerprint density at radius 2 is 1.86 bits per heavy atom. The Hall–Kier alpha value is -1.18. The van der Waals surface area contributed by atoms with E-state index in [1.807, 2.05) is 0 Å². The van der Waals surface area contributed by atoms with E-state index in [1.165, 1.54) is 5.57 Å². The van der Waals surface area contributed by atoms with E-state index in [9.17, 15) is 9.59 Å². The number of hydrogen-bond acceptors (Lipinski definition) is 2. The van der Waals surface area contributed by atoms with Gasteiger partial charge in [-0.25, -0.2) is 0 Å². The first-order valence-electron chi connectivity index (χ1n) is 8.43. The molecule has 4 rings (SSSR count). The van der Waals surface area contributed by atoms with Crippen LogP contribution in [0.2, 0.25) is 0 Å². The van der Waals surface area contributed by atoms with E-state index in [4.69, 9.17) is 0 Å². The van der Waals surface area contributed by atoms with E-state index >= 15 is 0 Å². The summed E-state index contributed by atoms with van der Waals surface area (Å²) in [6.45, 7) is 4.55. The number of ketones is 2. The van der Waals surface area contributed by atoms with Crippen LogP contribution in [-0.2, 0) is 9.59 Å². The third kappa shape index (κ3) is 1.65. The maximum Gasteiger partial charge on any atom is 0.165 e. The zero-order valence-corrected chi connectivity index (χ0v) is 13.1. The highest BCUT2D eigenvalue weighted by molar-refractivity contribution is 6.01. The molecule has 0 aromatic heterocycles. The minimum Gasteiger partial charge on any atom is -0.300 e. The Morgan fingerprint density at radius 1 is 1.05 bits per heavy atom. The molecular weight excluding hydrogens is 260 g/mol. The normalized spacial score (nSPS) is 45.4. The predicted octanol–water partition coefficient (Wildman–Crippen LogP) is 4.01. The first-order valence-corrected chi connectivity index (χ1v) is 8.43. The maximum atomic E-state index is 12.2. The second-order valence-corrected chi connectivity index (χ2v) is 8.04. The molecule has 2 heteroatoms. The molecule has 0 spiro atoms. The number of carbonyl (C=O) groups is 2. The number of hydrogen-bond donors (Lipinski definition) is 0. The van der Waals surface area contributed by atoms with Crippen molar-refractivity contribution >= 4 is 11.6 Å². The Balaban J connectivity index is 1.78. The highest BCUT2D eigenvalue weighted by Crippen LogP contribution is 2.61. The van der Waals surface area contributed by atoms with Crippen LogP contribution in [0.3, 0.4) is 0 Å². The fourth-order valence-corrected chi connectivity index (χ4v) is 5.65. The van der Waals surface area contributed by atoms with Gasteiger partial charge >= 0.3 is 0 Å². The van der Waals surface area contributed by atoms with Crippen LogP contribution in [0.15, 0.2) is 23.3 Å². The van der Waals surface area contributed by atoms with E-state index in [-0.39, 0.29) is 10.8 Å². The number of carbonyl (C=O) groups excluding carboxylic acids is 2. The number of rotatable bonds is 0. The molecule has 1 unspecified atom stereocenters. The summed E-state index contributed by atoms with van der Waals surface area (Å²) in [5.41, 5.74) is 2.94. The lowest BCUT2D eigenvalue weighted by Crippen LogP contribution is -2.47. The van der Waals surface area contributed by atoms with Gasteiger partial charge in [0.05, 0.1) is 5.41 Å². The summed E-state index contributed by atoms with van der Waals surface area (Å²) in [6, 6.07) is 0. The Bertz CT molecular complexity index is 597. The second-order valence-electron chi connectivity index (χ2n) is 8.04. The monoisotopic (exact) mass is 284 g/mol. The summed E-state index contributed by atoms with van der Waals surface area (Å²) in [7, 11) is 0. The van der Waals surface area contributed by atoms with Gasteiger partial charge in [0, 0.05) is 12.8 Å². The summed E-state index contributed by atoms with van der Waals surface area (Å²) in [5.74, 6) is 1.93. The number of Topliss-reactive ketones (excluding diaryl/α,β-unsaturated/α-hetero) is 1. The summed E-state index contributed by atoms with van der Waals surface area (Å²) in [4.78, 5) is 24.1. The Morgan fingerprint density at radius 3 is 2.67 bits per heavy atom. The summed E-state index contributed by atoms with van der Waals surface area (Å²) >= 11 is 0. The van der Waals surface area contributed by atoms with E-state index in [2.05, 4.69) is 19.9 Å². The minimum absolute atomic E-state index is 0.237. The van der Waals surface area contributed by atoms with Crippen molar-refractivity contribution in [2.75, 3.05) is 0 Å². The zero-order chi connectivity index (χ0) is 14.8. The average molecular weight is 284 g/mol. The van der Waals surface area contributed by atoms with E-state index in [0.717, 1.165) is 44.9 Å². The molecule has 0 aromatic carbocycles. The molecule has 0 N–H and O–H groups in total. The summed E-state index contributed by atoms with van der Waals surface area (Å²) in [5, 5.41) is 0. The molecule has 4 atom stereocenters. The van der Waals surface area contributed by atoms with Gasteiger partial charge in [0.15, 0.2) is 5.78 Å². The smallest absolute Gasteiger partial charge is 0.165 e. The lowest BCUT2D eigenvalue weighted by atomic mass is 9.49. The molecule has 0 amide bonds. The van der Waals surface area contributed by atoms with Crippen LogP contribution in [0.4, 0.5) is 0 Å². The molecule has 2 nitrogen and oxygen atoms in total. The zero-order valence-electron chi connectivity index (χ0n) is 13.1. The van der Waals surface area contributed by atoms with Crippen molar-refractivity contribution < 1.29 is 9.59 Å². The molecule has 0 radical (unpaired) electrons. The van der Waals surface area contributed by atoms with Gasteiger partial charge in [-0.05, 0) is 67.9 Å². The third-order valence-electron chi connectivity index (χ3n) is 7.15. The van der Waals surface area contributed by atoms with Crippen molar-refractivity contribution in [2.24, 2.45) is 22.7 Å². The highest BCUT2D eigenvalue weighted by Gasteiger charge is 2.54. The van der Waals surface area contributed by atoms with Gasteiger partial charge in [0.2, 0.25) is 0 Å². The fraction of sp³-hybridized carbons (Fsp3) is 0.684. The van der Waals surface area contributed by atoms with Crippen LogP contribution in [0, 0.1) is 22.7 Å².